The van der Waals surface area contributed by atoms with Gasteiger partial charge in [-0.15, -0.1) is 0 Å². The van der Waals surface area contributed by atoms with E-state index in [1.165, 1.54) is 19.1 Å². The molecule has 0 bridgehead atoms. The second kappa shape index (κ2) is 8.71. The van der Waals surface area contributed by atoms with Gasteiger partial charge >= 0.3 is 5.97 Å². The minimum atomic E-state index is -4.50. The SMILES string of the molecule is CCOC(=O)[C@H](OS(=O)(=O)c1ccc([N+](=O)[O-])cc1)[C@@H](O)c1ccccc1. The third-order valence-electron chi connectivity index (χ3n) is 3.51. The molecule has 2 rings (SSSR count). The van der Waals surface area contributed by atoms with E-state index in [0.29, 0.717) is 0 Å². The number of carbonyl (C=O) groups is 1. The average Bonchev–Trinajstić information content (AvgIpc) is 2.66. The third-order valence-corrected chi connectivity index (χ3v) is 4.82. The van der Waals surface area contributed by atoms with E-state index >= 15 is 0 Å². The van der Waals surface area contributed by atoms with Crippen molar-refractivity contribution < 1.29 is 32.2 Å². The second-order valence-electron chi connectivity index (χ2n) is 5.33. The second-order valence-corrected chi connectivity index (χ2v) is 6.90. The summed E-state index contributed by atoms with van der Waals surface area (Å²) in [6.45, 7) is 1.48. The lowest BCUT2D eigenvalue weighted by atomic mass is 10.0. The summed E-state index contributed by atoms with van der Waals surface area (Å²) in [5, 5.41) is 21.1. The molecule has 10 heteroatoms. The Labute approximate surface area is 155 Å². The lowest BCUT2D eigenvalue weighted by molar-refractivity contribution is -0.384. The molecule has 2 aromatic carbocycles. The molecule has 0 saturated carbocycles. The highest BCUT2D eigenvalue weighted by Crippen LogP contribution is 2.25. The van der Waals surface area contributed by atoms with E-state index in [2.05, 4.69) is 0 Å². The van der Waals surface area contributed by atoms with E-state index in [4.69, 9.17) is 8.92 Å². The normalized spacial score (nSPS) is 13.6. The van der Waals surface area contributed by atoms with Crippen LogP contribution in [0.25, 0.3) is 0 Å². The van der Waals surface area contributed by atoms with Crippen LogP contribution >= 0.6 is 0 Å². The quantitative estimate of drug-likeness (QED) is 0.310. The summed E-state index contributed by atoms with van der Waals surface area (Å²) in [6, 6.07) is 11.8. The summed E-state index contributed by atoms with van der Waals surface area (Å²) in [7, 11) is -4.50. The predicted octanol–water partition coefficient (Wildman–Crippen LogP) is 1.97. The Hall–Kier alpha value is -2.82. The van der Waals surface area contributed by atoms with Crippen molar-refractivity contribution in [1.29, 1.82) is 0 Å². The monoisotopic (exact) mass is 395 g/mol. The molecular weight excluding hydrogens is 378 g/mol. The van der Waals surface area contributed by atoms with Crippen molar-refractivity contribution in [1.82, 2.24) is 0 Å². The van der Waals surface area contributed by atoms with Crippen LogP contribution in [0, 0.1) is 10.1 Å². The molecule has 0 unspecified atom stereocenters. The van der Waals surface area contributed by atoms with Gasteiger partial charge in [-0.2, -0.15) is 8.42 Å². The van der Waals surface area contributed by atoms with E-state index in [0.717, 1.165) is 24.3 Å². The van der Waals surface area contributed by atoms with Crippen LogP contribution < -0.4 is 0 Å². The van der Waals surface area contributed by atoms with E-state index in [1.54, 1.807) is 18.2 Å². The van der Waals surface area contributed by atoms with Crippen LogP contribution in [0.15, 0.2) is 59.5 Å². The lowest BCUT2D eigenvalue weighted by Crippen LogP contribution is -2.35. The highest BCUT2D eigenvalue weighted by molar-refractivity contribution is 7.86. The van der Waals surface area contributed by atoms with Crippen molar-refractivity contribution >= 4 is 21.8 Å². The molecule has 0 aliphatic heterocycles. The summed E-state index contributed by atoms with van der Waals surface area (Å²) in [5.74, 6) is -1.06. The molecule has 0 amide bonds. The number of hydrogen-bond donors (Lipinski definition) is 1. The van der Waals surface area contributed by atoms with Gasteiger partial charge in [0, 0.05) is 12.1 Å². The van der Waals surface area contributed by atoms with Crippen molar-refractivity contribution in [3.63, 3.8) is 0 Å². The van der Waals surface area contributed by atoms with Gasteiger partial charge in [0.15, 0.2) is 0 Å². The van der Waals surface area contributed by atoms with Gasteiger partial charge in [-0.3, -0.25) is 10.1 Å². The van der Waals surface area contributed by atoms with Crippen LogP contribution in [0.2, 0.25) is 0 Å². The maximum atomic E-state index is 12.5. The van der Waals surface area contributed by atoms with Crippen molar-refractivity contribution in [2.24, 2.45) is 0 Å². The molecule has 0 radical (unpaired) electrons. The van der Waals surface area contributed by atoms with Gasteiger partial charge in [0.1, 0.15) is 6.10 Å². The molecule has 27 heavy (non-hydrogen) atoms. The van der Waals surface area contributed by atoms with Crippen LogP contribution in [0.3, 0.4) is 0 Å². The highest BCUT2D eigenvalue weighted by Gasteiger charge is 2.36. The molecule has 9 nitrogen and oxygen atoms in total. The molecule has 0 saturated heterocycles. The minimum absolute atomic E-state index is 0.0439. The van der Waals surface area contributed by atoms with Crippen LogP contribution in [0.5, 0.6) is 0 Å². The van der Waals surface area contributed by atoms with E-state index < -0.39 is 38.1 Å². The number of ether oxygens (including phenoxy) is 1. The number of hydrogen-bond acceptors (Lipinski definition) is 8. The van der Waals surface area contributed by atoms with Crippen LogP contribution in [-0.4, -0.2) is 37.1 Å². The zero-order valence-electron chi connectivity index (χ0n) is 14.2. The first-order valence-corrected chi connectivity index (χ1v) is 9.24. The molecule has 0 aliphatic carbocycles. The Morgan fingerprint density at radius 1 is 1.15 bits per heavy atom. The summed E-state index contributed by atoms with van der Waals surface area (Å²) < 4.78 is 34.6. The molecule has 2 aromatic rings. The van der Waals surface area contributed by atoms with Gasteiger partial charge < -0.3 is 9.84 Å². The molecule has 144 valence electrons. The first-order chi connectivity index (χ1) is 12.8. The smallest absolute Gasteiger partial charge is 0.339 e. The predicted molar refractivity (Wildman–Crippen MR) is 93.2 cm³/mol. The number of benzene rings is 2. The molecular formula is C17H17NO8S. The summed E-state index contributed by atoms with van der Waals surface area (Å²) in [6.07, 6.45) is -3.44. The van der Waals surface area contributed by atoms with E-state index in [9.17, 15) is 28.4 Å². The van der Waals surface area contributed by atoms with Crippen molar-refractivity contribution in [3.05, 3.63) is 70.3 Å². The third kappa shape index (κ3) is 5.09. The Bertz CT molecular complexity index is 896. The fraction of sp³-hybridized carbons (Fsp3) is 0.235. The molecule has 0 fully saturated rings. The number of aliphatic hydroxyl groups is 1. The number of non-ortho nitro benzene ring substituents is 1. The Kier molecular flexibility index (Phi) is 6.61. The number of nitro groups is 1. The standard InChI is InChI=1S/C17H17NO8S/c1-2-25-17(20)16(15(19)12-6-4-3-5-7-12)26-27(23,24)14-10-8-13(9-11-14)18(21)22/h3-11,15-16,19H,2H2,1H3/t15-,16+/m0/s1. The Morgan fingerprint density at radius 3 is 2.26 bits per heavy atom. The first kappa shape index (κ1) is 20.5. The highest BCUT2D eigenvalue weighted by atomic mass is 32.2. The Morgan fingerprint density at radius 2 is 1.74 bits per heavy atom. The van der Waals surface area contributed by atoms with Crippen LogP contribution in [0.1, 0.15) is 18.6 Å². The number of nitro benzene ring substituents is 1. The van der Waals surface area contributed by atoms with Gasteiger partial charge in [-0.05, 0) is 24.6 Å². The maximum Gasteiger partial charge on any atom is 0.339 e. The molecule has 0 heterocycles. The van der Waals surface area contributed by atoms with Crippen molar-refractivity contribution in [2.75, 3.05) is 6.61 Å². The van der Waals surface area contributed by atoms with Gasteiger partial charge in [0.25, 0.3) is 15.8 Å². The van der Waals surface area contributed by atoms with Crippen LogP contribution in [-0.2, 0) is 23.8 Å². The average molecular weight is 395 g/mol. The van der Waals surface area contributed by atoms with Gasteiger partial charge in [0.2, 0.25) is 6.10 Å². The van der Waals surface area contributed by atoms with Gasteiger partial charge in [0.05, 0.1) is 16.4 Å². The molecule has 1 N–H and O–H groups in total. The first-order valence-electron chi connectivity index (χ1n) is 7.83. The summed E-state index contributed by atoms with van der Waals surface area (Å²) >= 11 is 0. The molecule has 0 aliphatic rings. The number of carbonyl (C=O) groups excluding carboxylic acids is 1. The minimum Gasteiger partial charge on any atom is -0.464 e. The molecule has 0 spiro atoms. The number of esters is 1. The fourth-order valence-electron chi connectivity index (χ4n) is 2.20. The van der Waals surface area contributed by atoms with Gasteiger partial charge in [-0.1, -0.05) is 30.3 Å². The Balaban J connectivity index is 2.32. The zero-order chi connectivity index (χ0) is 20.0. The maximum absolute atomic E-state index is 12.5. The number of nitrogens with zero attached hydrogens (tertiary/aromatic N) is 1. The largest absolute Gasteiger partial charge is 0.464 e. The van der Waals surface area contributed by atoms with E-state index in [1.807, 2.05) is 0 Å². The van der Waals surface area contributed by atoms with E-state index in [-0.39, 0.29) is 17.9 Å². The van der Waals surface area contributed by atoms with Crippen LogP contribution in [0.4, 0.5) is 5.69 Å². The van der Waals surface area contributed by atoms with Gasteiger partial charge in [-0.25, -0.2) is 8.98 Å². The lowest BCUT2D eigenvalue weighted by Gasteiger charge is -2.21. The summed E-state index contributed by atoms with van der Waals surface area (Å²) in [4.78, 5) is 21.7. The van der Waals surface area contributed by atoms with Crippen molar-refractivity contribution in [3.8, 4) is 0 Å². The number of rotatable bonds is 8. The number of aliphatic hydroxyl groups excluding tert-OH is 1. The molecule has 0 aromatic heterocycles. The topological polar surface area (TPSA) is 133 Å². The van der Waals surface area contributed by atoms with Crippen molar-refractivity contribution in [2.45, 2.75) is 24.0 Å². The molecule has 2 atom stereocenters. The zero-order valence-corrected chi connectivity index (χ0v) is 15.0. The fourth-order valence-corrected chi connectivity index (χ4v) is 3.23. The summed E-state index contributed by atoms with van der Waals surface area (Å²) in [5.41, 5.74) is -0.0466.